The van der Waals surface area contributed by atoms with Crippen LogP contribution in [-0.4, -0.2) is 46.4 Å². The SMILES string of the molecule is O=C(O)[C@H]1CCCCN1S(=O)(=O)c1cnc[nH]1. The van der Waals surface area contributed by atoms with E-state index < -0.39 is 22.0 Å². The summed E-state index contributed by atoms with van der Waals surface area (Å²) in [4.78, 5) is 17.2. The molecule has 2 rings (SSSR count). The van der Waals surface area contributed by atoms with E-state index in [4.69, 9.17) is 5.11 Å². The minimum atomic E-state index is -3.78. The lowest BCUT2D eigenvalue weighted by atomic mass is 10.1. The molecule has 0 unspecified atom stereocenters. The third-order valence-electron chi connectivity index (χ3n) is 2.80. The zero-order chi connectivity index (χ0) is 12.5. The molecule has 1 aliphatic heterocycles. The summed E-state index contributed by atoms with van der Waals surface area (Å²) in [6, 6.07) is -0.975. The molecule has 0 bridgehead atoms. The van der Waals surface area contributed by atoms with Gasteiger partial charge in [-0.1, -0.05) is 0 Å². The molecule has 0 aliphatic carbocycles. The van der Waals surface area contributed by atoms with Gasteiger partial charge in [-0.15, -0.1) is 0 Å². The van der Waals surface area contributed by atoms with Crippen LogP contribution in [0, 0.1) is 0 Å². The molecule has 8 heteroatoms. The van der Waals surface area contributed by atoms with E-state index in [9.17, 15) is 13.2 Å². The number of aromatic nitrogens is 2. The molecule has 1 aliphatic rings. The Morgan fingerprint density at radius 1 is 1.53 bits per heavy atom. The second-order valence-corrected chi connectivity index (χ2v) is 5.74. The van der Waals surface area contributed by atoms with Gasteiger partial charge in [-0.2, -0.15) is 4.31 Å². The Balaban J connectivity index is 2.34. The highest BCUT2D eigenvalue weighted by atomic mass is 32.2. The van der Waals surface area contributed by atoms with E-state index in [1.165, 1.54) is 12.5 Å². The van der Waals surface area contributed by atoms with Crippen LogP contribution in [0.5, 0.6) is 0 Å². The van der Waals surface area contributed by atoms with Crippen LogP contribution in [0.1, 0.15) is 19.3 Å². The second-order valence-electron chi connectivity index (χ2n) is 3.88. The summed E-state index contributed by atoms with van der Waals surface area (Å²) in [6.07, 6.45) is 4.20. The van der Waals surface area contributed by atoms with Gasteiger partial charge in [0.2, 0.25) is 0 Å². The molecule has 1 aromatic rings. The number of imidazole rings is 1. The average molecular weight is 259 g/mol. The maximum Gasteiger partial charge on any atom is 0.322 e. The number of aromatic amines is 1. The monoisotopic (exact) mass is 259 g/mol. The third-order valence-corrected chi connectivity index (χ3v) is 4.63. The topological polar surface area (TPSA) is 103 Å². The first-order chi connectivity index (χ1) is 8.03. The van der Waals surface area contributed by atoms with Crippen LogP contribution in [0.15, 0.2) is 17.6 Å². The molecule has 0 spiro atoms. The summed E-state index contributed by atoms with van der Waals surface area (Å²) >= 11 is 0. The molecule has 1 fully saturated rings. The molecule has 0 radical (unpaired) electrons. The van der Waals surface area contributed by atoms with E-state index in [0.29, 0.717) is 12.8 Å². The molecular formula is C9H13N3O4S. The Labute approximate surface area is 98.5 Å². The number of hydrogen-bond acceptors (Lipinski definition) is 4. The lowest BCUT2D eigenvalue weighted by molar-refractivity contribution is -0.142. The number of H-pyrrole nitrogens is 1. The number of carboxylic acid groups (broad SMARTS) is 1. The zero-order valence-corrected chi connectivity index (χ0v) is 9.85. The third kappa shape index (κ3) is 2.18. The van der Waals surface area contributed by atoms with Crippen molar-refractivity contribution < 1.29 is 18.3 Å². The van der Waals surface area contributed by atoms with Crippen LogP contribution in [-0.2, 0) is 14.8 Å². The molecule has 1 atom stereocenters. The van der Waals surface area contributed by atoms with Gasteiger partial charge < -0.3 is 10.1 Å². The number of nitrogens with zero attached hydrogens (tertiary/aromatic N) is 2. The van der Waals surface area contributed by atoms with Crippen molar-refractivity contribution in [2.45, 2.75) is 30.3 Å². The summed E-state index contributed by atoms with van der Waals surface area (Å²) < 4.78 is 25.3. The number of nitrogens with one attached hydrogen (secondary N) is 1. The largest absolute Gasteiger partial charge is 0.480 e. The van der Waals surface area contributed by atoms with Gasteiger partial charge in [-0.3, -0.25) is 4.79 Å². The van der Waals surface area contributed by atoms with Crippen molar-refractivity contribution in [1.29, 1.82) is 0 Å². The van der Waals surface area contributed by atoms with Crippen molar-refractivity contribution in [3.63, 3.8) is 0 Å². The molecule has 7 nitrogen and oxygen atoms in total. The Bertz CT molecular complexity index is 496. The maximum atomic E-state index is 12.2. The number of hydrogen-bond donors (Lipinski definition) is 2. The second kappa shape index (κ2) is 4.46. The van der Waals surface area contributed by atoms with Gasteiger partial charge >= 0.3 is 5.97 Å². The Hall–Kier alpha value is -1.41. The highest BCUT2D eigenvalue weighted by Gasteiger charge is 2.38. The number of aliphatic carboxylic acids is 1. The number of rotatable bonds is 3. The van der Waals surface area contributed by atoms with Crippen LogP contribution < -0.4 is 0 Å². The molecule has 2 N–H and O–H groups in total. The summed E-state index contributed by atoms with van der Waals surface area (Å²) in [6.45, 7) is 0.234. The zero-order valence-electron chi connectivity index (χ0n) is 9.04. The molecule has 0 aromatic carbocycles. The highest BCUT2D eigenvalue weighted by molar-refractivity contribution is 7.89. The first-order valence-electron chi connectivity index (χ1n) is 5.26. The van der Waals surface area contributed by atoms with Crippen molar-refractivity contribution in [1.82, 2.24) is 14.3 Å². The Morgan fingerprint density at radius 3 is 2.88 bits per heavy atom. The van der Waals surface area contributed by atoms with E-state index in [-0.39, 0.29) is 11.6 Å². The standard InChI is InChI=1S/C9H13N3O4S/c13-9(14)7-3-1-2-4-12(7)17(15,16)8-5-10-6-11-8/h5-7H,1-4H2,(H,10,11)(H,13,14)/t7-/m1/s1. The van der Waals surface area contributed by atoms with Crippen molar-refractivity contribution in [3.05, 3.63) is 12.5 Å². The normalized spacial score (nSPS) is 22.5. The van der Waals surface area contributed by atoms with Gasteiger partial charge in [0.25, 0.3) is 10.0 Å². The van der Waals surface area contributed by atoms with E-state index in [2.05, 4.69) is 9.97 Å². The van der Waals surface area contributed by atoms with Crippen molar-refractivity contribution in [2.24, 2.45) is 0 Å². The first kappa shape index (κ1) is 12.1. The van der Waals surface area contributed by atoms with E-state index in [0.717, 1.165) is 10.7 Å². The van der Waals surface area contributed by atoms with Gasteiger partial charge in [0.15, 0.2) is 5.03 Å². The van der Waals surface area contributed by atoms with Crippen molar-refractivity contribution >= 4 is 16.0 Å². The Kier molecular flexibility index (Phi) is 3.16. The number of carboxylic acids is 1. The Morgan fingerprint density at radius 2 is 2.29 bits per heavy atom. The molecule has 2 heterocycles. The van der Waals surface area contributed by atoms with Gasteiger partial charge in [0, 0.05) is 6.54 Å². The van der Waals surface area contributed by atoms with Gasteiger partial charge in [0.05, 0.1) is 12.5 Å². The molecule has 0 saturated carbocycles. The van der Waals surface area contributed by atoms with Crippen molar-refractivity contribution in [3.8, 4) is 0 Å². The van der Waals surface area contributed by atoms with Gasteiger partial charge in [0.1, 0.15) is 6.04 Å². The molecule has 1 saturated heterocycles. The van der Waals surface area contributed by atoms with E-state index in [1.54, 1.807) is 0 Å². The van der Waals surface area contributed by atoms with Crippen LogP contribution >= 0.6 is 0 Å². The smallest absolute Gasteiger partial charge is 0.322 e. The van der Waals surface area contributed by atoms with E-state index in [1.807, 2.05) is 0 Å². The highest BCUT2D eigenvalue weighted by Crippen LogP contribution is 2.24. The number of carbonyl (C=O) groups is 1. The van der Waals surface area contributed by atoms with Gasteiger partial charge in [-0.05, 0) is 19.3 Å². The lowest BCUT2D eigenvalue weighted by Crippen LogP contribution is -2.47. The quantitative estimate of drug-likeness (QED) is 0.797. The molecular weight excluding hydrogens is 246 g/mol. The number of sulfonamides is 1. The summed E-state index contributed by atoms with van der Waals surface area (Å²) in [7, 11) is -3.78. The summed E-state index contributed by atoms with van der Waals surface area (Å²) in [5, 5.41) is 8.97. The molecule has 94 valence electrons. The van der Waals surface area contributed by atoms with Crippen LogP contribution in [0.4, 0.5) is 0 Å². The summed E-state index contributed by atoms with van der Waals surface area (Å²) in [5.41, 5.74) is 0. The minimum absolute atomic E-state index is 0.0642. The summed E-state index contributed by atoms with van der Waals surface area (Å²) in [5.74, 6) is -1.10. The molecule has 17 heavy (non-hydrogen) atoms. The van der Waals surface area contributed by atoms with Crippen LogP contribution in [0.3, 0.4) is 0 Å². The maximum absolute atomic E-state index is 12.2. The predicted molar refractivity (Wildman–Crippen MR) is 57.8 cm³/mol. The first-order valence-corrected chi connectivity index (χ1v) is 6.70. The van der Waals surface area contributed by atoms with Gasteiger partial charge in [-0.25, -0.2) is 13.4 Å². The minimum Gasteiger partial charge on any atom is -0.480 e. The lowest BCUT2D eigenvalue weighted by Gasteiger charge is -2.31. The van der Waals surface area contributed by atoms with E-state index >= 15 is 0 Å². The van der Waals surface area contributed by atoms with Crippen LogP contribution in [0.25, 0.3) is 0 Å². The molecule has 1 aromatic heterocycles. The van der Waals surface area contributed by atoms with Crippen LogP contribution in [0.2, 0.25) is 0 Å². The fourth-order valence-corrected chi connectivity index (χ4v) is 3.50. The predicted octanol–water partition coefficient (Wildman–Crippen LogP) is 0.0375. The fourth-order valence-electron chi connectivity index (χ4n) is 1.95. The fraction of sp³-hybridized carbons (Fsp3) is 0.556. The number of piperidine rings is 1. The molecule has 0 amide bonds. The van der Waals surface area contributed by atoms with Crippen molar-refractivity contribution in [2.75, 3.05) is 6.54 Å². The average Bonchev–Trinajstić information content (AvgIpc) is 2.83.